The number of imidazole rings is 1. The van der Waals surface area contributed by atoms with Crippen molar-refractivity contribution in [2.75, 3.05) is 19.0 Å². The Morgan fingerprint density at radius 3 is 2.85 bits per heavy atom. The third kappa shape index (κ3) is 4.00. The van der Waals surface area contributed by atoms with Crippen LogP contribution in [0.25, 0.3) is 11.0 Å². The van der Waals surface area contributed by atoms with Crippen LogP contribution in [-0.2, 0) is 11.3 Å². The van der Waals surface area contributed by atoms with Crippen molar-refractivity contribution in [3.63, 3.8) is 0 Å². The quantitative estimate of drug-likeness (QED) is 0.508. The van der Waals surface area contributed by atoms with Gasteiger partial charge in [-0.3, -0.25) is 0 Å². The van der Waals surface area contributed by atoms with Crippen molar-refractivity contribution in [1.82, 2.24) is 9.55 Å². The summed E-state index contributed by atoms with van der Waals surface area (Å²) in [5.74, 6) is 0.963. The largest absolute Gasteiger partial charge is 0.381 e. The first-order valence-electron chi connectivity index (χ1n) is 7.52. The Labute approximate surface area is 125 Å². The van der Waals surface area contributed by atoms with Crippen LogP contribution in [0.5, 0.6) is 0 Å². The Hall–Kier alpha value is -1.00. The minimum atomic E-state index is 0.785. The van der Waals surface area contributed by atoms with Gasteiger partial charge < -0.3 is 9.30 Å². The molecule has 0 amide bonds. The Kier molecular flexibility index (Phi) is 6.40. The zero-order valence-electron chi connectivity index (χ0n) is 12.5. The molecule has 2 rings (SSSR count). The summed E-state index contributed by atoms with van der Waals surface area (Å²) in [4.78, 5) is 4.76. The molecule has 110 valence electrons. The molecule has 1 heterocycles. The van der Waals surface area contributed by atoms with Crippen molar-refractivity contribution in [1.29, 1.82) is 0 Å². The number of benzene rings is 1. The zero-order chi connectivity index (χ0) is 14.2. The van der Waals surface area contributed by atoms with E-state index in [1.54, 1.807) is 11.8 Å². The molecular weight excluding hydrogens is 268 g/mol. The fourth-order valence-corrected chi connectivity index (χ4v) is 3.13. The molecule has 0 bridgehead atoms. The third-order valence-electron chi connectivity index (χ3n) is 3.27. The van der Waals surface area contributed by atoms with Gasteiger partial charge in [-0.25, -0.2) is 4.98 Å². The topological polar surface area (TPSA) is 27.1 Å². The van der Waals surface area contributed by atoms with Gasteiger partial charge in [0.25, 0.3) is 0 Å². The van der Waals surface area contributed by atoms with Crippen LogP contribution in [0.3, 0.4) is 0 Å². The summed E-state index contributed by atoms with van der Waals surface area (Å²) in [5, 5.41) is 1.13. The highest BCUT2D eigenvalue weighted by Gasteiger charge is 2.10. The zero-order valence-corrected chi connectivity index (χ0v) is 13.3. The highest BCUT2D eigenvalue weighted by molar-refractivity contribution is 7.99. The summed E-state index contributed by atoms with van der Waals surface area (Å²) in [6.45, 7) is 6.91. The van der Waals surface area contributed by atoms with Gasteiger partial charge in [0.15, 0.2) is 5.16 Å². The standard InChI is InChI=1S/C16H24N2OS/c1-3-5-8-11-18-15-10-7-6-9-14(15)17-16(18)20-13-12-19-4-2/h6-7,9-10H,3-5,8,11-13H2,1-2H3. The molecule has 0 aliphatic carbocycles. The molecule has 0 radical (unpaired) electrons. The molecule has 20 heavy (non-hydrogen) atoms. The van der Waals surface area contributed by atoms with E-state index in [1.165, 1.54) is 24.8 Å². The number of fused-ring (bicyclic) bond motifs is 1. The van der Waals surface area contributed by atoms with Gasteiger partial charge in [0.1, 0.15) is 0 Å². The summed E-state index contributed by atoms with van der Waals surface area (Å²) in [7, 11) is 0. The normalized spacial score (nSPS) is 11.3. The molecule has 0 spiro atoms. The maximum atomic E-state index is 5.41. The first-order chi connectivity index (χ1) is 9.86. The van der Waals surface area contributed by atoms with Gasteiger partial charge in [0.2, 0.25) is 0 Å². The van der Waals surface area contributed by atoms with Crippen LogP contribution in [0.4, 0.5) is 0 Å². The fourth-order valence-electron chi connectivity index (χ4n) is 2.24. The molecular formula is C16H24N2OS. The van der Waals surface area contributed by atoms with Gasteiger partial charge in [0, 0.05) is 18.9 Å². The smallest absolute Gasteiger partial charge is 0.169 e. The SMILES string of the molecule is CCCCCn1c(SCCOCC)nc2ccccc21. The molecule has 0 unspecified atom stereocenters. The minimum absolute atomic E-state index is 0.785. The summed E-state index contributed by atoms with van der Waals surface area (Å²) in [6, 6.07) is 8.41. The maximum absolute atomic E-state index is 5.41. The van der Waals surface area contributed by atoms with Crippen molar-refractivity contribution >= 4 is 22.8 Å². The average molecular weight is 292 g/mol. The Balaban J connectivity index is 2.11. The lowest BCUT2D eigenvalue weighted by Crippen LogP contribution is -2.02. The van der Waals surface area contributed by atoms with Crippen LogP contribution >= 0.6 is 11.8 Å². The summed E-state index contributed by atoms with van der Waals surface area (Å²) >= 11 is 1.80. The first-order valence-corrected chi connectivity index (χ1v) is 8.51. The van der Waals surface area contributed by atoms with E-state index in [9.17, 15) is 0 Å². The van der Waals surface area contributed by atoms with Gasteiger partial charge >= 0.3 is 0 Å². The maximum Gasteiger partial charge on any atom is 0.169 e. The Morgan fingerprint density at radius 1 is 1.20 bits per heavy atom. The molecule has 0 aliphatic rings. The average Bonchev–Trinajstić information content (AvgIpc) is 2.82. The van der Waals surface area contributed by atoms with Crippen molar-refractivity contribution in [2.45, 2.75) is 44.8 Å². The van der Waals surface area contributed by atoms with Gasteiger partial charge in [-0.05, 0) is 25.5 Å². The number of nitrogens with zero attached hydrogens (tertiary/aromatic N) is 2. The van der Waals surface area contributed by atoms with E-state index in [2.05, 4.69) is 35.8 Å². The molecule has 1 aromatic carbocycles. The van der Waals surface area contributed by atoms with E-state index in [1.807, 2.05) is 6.92 Å². The predicted molar refractivity (Wildman–Crippen MR) is 86.5 cm³/mol. The number of rotatable bonds is 9. The molecule has 0 atom stereocenters. The van der Waals surface area contributed by atoms with Gasteiger partial charge in [0.05, 0.1) is 17.6 Å². The summed E-state index contributed by atoms with van der Waals surface area (Å²) < 4.78 is 7.77. The minimum Gasteiger partial charge on any atom is -0.381 e. The van der Waals surface area contributed by atoms with E-state index in [0.717, 1.165) is 36.2 Å². The summed E-state index contributed by atoms with van der Waals surface area (Å²) in [5.41, 5.74) is 2.35. The number of para-hydroxylation sites is 2. The number of aromatic nitrogens is 2. The van der Waals surface area contributed by atoms with Crippen LogP contribution in [0.1, 0.15) is 33.1 Å². The lowest BCUT2D eigenvalue weighted by molar-refractivity contribution is 0.164. The molecule has 2 aromatic rings. The number of aryl methyl sites for hydroxylation is 1. The van der Waals surface area contributed by atoms with E-state index in [0.29, 0.717) is 0 Å². The Morgan fingerprint density at radius 2 is 2.05 bits per heavy atom. The predicted octanol–water partition coefficient (Wildman–Crippen LogP) is 4.36. The molecule has 4 heteroatoms. The van der Waals surface area contributed by atoms with Crippen LogP contribution in [0, 0.1) is 0 Å². The van der Waals surface area contributed by atoms with Gasteiger partial charge in [-0.1, -0.05) is 43.7 Å². The van der Waals surface area contributed by atoms with Crippen LogP contribution in [0.15, 0.2) is 29.4 Å². The highest BCUT2D eigenvalue weighted by atomic mass is 32.2. The van der Waals surface area contributed by atoms with Crippen molar-refractivity contribution < 1.29 is 4.74 Å². The van der Waals surface area contributed by atoms with Crippen LogP contribution < -0.4 is 0 Å². The van der Waals surface area contributed by atoms with E-state index < -0.39 is 0 Å². The second-order valence-corrected chi connectivity index (χ2v) is 5.85. The molecule has 3 nitrogen and oxygen atoms in total. The fraction of sp³-hybridized carbons (Fsp3) is 0.562. The monoisotopic (exact) mass is 292 g/mol. The number of thioether (sulfide) groups is 1. The summed E-state index contributed by atoms with van der Waals surface area (Å²) in [6.07, 6.45) is 3.74. The lowest BCUT2D eigenvalue weighted by atomic mass is 10.2. The van der Waals surface area contributed by atoms with E-state index in [4.69, 9.17) is 9.72 Å². The Bertz CT molecular complexity index is 524. The number of hydrogen-bond acceptors (Lipinski definition) is 3. The lowest BCUT2D eigenvalue weighted by Gasteiger charge is -2.08. The molecule has 0 aliphatic heterocycles. The van der Waals surface area contributed by atoms with E-state index >= 15 is 0 Å². The van der Waals surface area contributed by atoms with Gasteiger partial charge in [-0.2, -0.15) is 0 Å². The molecule has 1 aromatic heterocycles. The first kappa shape index (κ1) is 15.4. The van der Waals surface area contributed by atoms with Crippen LogP contribution in [0.2, 0.25) is 0 Å². The van der Waals surface area contributed by atoms with Gasteiger partial charge in [-0.15, -0.1) is 0 Å². The van der Waals surface area contributed by atoms with Crippen molar-refractivity contribution in [3.05, 3.63) is 24.3 Å². The van der Waals surface area contributed by atoms with Crippen molar-refractivity contribution in [2.24, 2.45) is 0 Å². The number of hydrogen-bond donors (Lipinski definition) is 0. The second-order valence-electron chi connectivity index (χ2n) is 4.79. The van der Waals surface area contributed by atoms with Crippen molar-refractivity contribution in [3.8, 4) is 0 Å². The highest BCUT2D eigenvalue weighted by Crippen LogP contribution is 2.24. The third-order valence-corrected chi connectivity index (χ3v) is 4.21. The number of unbranched alkanes of at least 4 members (excludes halogenated alkanes) is 2. The van der Waals surface area contributed by atoms with E-state index in [-0.39, 0.29) is 0 Å². The van der Waals surface area contributed by atoms with Crippen LogP contribution in [-0.4, -0.2) is 28.5 Å². The second kappa shape index (κ2) is 8.32. The molecule has 0 N–H and O–H groups in total. The molecule has 0 saturated carbocycles. The molecule has 0 saturated heterocycles. The molecule has 0 fully saturated rings. The number of ether oxygens (including phenoxy) is 1.